The topological polar surface area (TPSA) is 46.2 Å². The van der Waals surface area contributed by atoms with E-state index >= 15 is 0 Å². The molecule has 5 nitrogen and oxygen atoms in total. The van der Waals surface area contributed by atoms with E-state index in [-0.39, 0.29) is 0 Å². The summed E-state index contributed by atoms with van der Waals surface area (Å²) in [6.45, 7) is 4.71. The van der Waals surface area contributed by atoms with Gasteiger partial charge >= 0.3 is 17.4 Å². The van der Waals surface area contributed by atoms with Crippen LogP contribution < -0.4 is 0 Å². The Labute approximate surface area is 120 Å². The van der Waals surface area contributed by atoms with Gasteiger partial charge in [0.25, 0.3) is 0 Å². The normalized spacial score (nSPS) is 12.9. The molecule has 0 saturated heterocycles. The van der Waals surface area contributed by atoms with Crippen LogP contribution in [0.5, 0.6) is 0 Å². The van der Waals surface area contributed by atoms with Gasteiger partial charge in [0.15, 0.2) is 0 Å². The first-order chi connectivity index (χ1) is 8.95. The van der Waals surface area contributed by atoms with Gasteiger partial charge in [0, 0.05) is 41.6 Å². The van der Waals surface area contributed by atoms with Crippen molar-refractivity contribution < 1.29 is 22.1 Å². The van der Waals surface area contributed by atoms with E-state index in [1.165, 1.54) is 6.42 Å². The second-order valence-electron chi connectivity index (χ2n) is 4.83. The molecule has 0 atom stereocenters. The second-order valence-corrected chi connectivity index (χ2v) is 11.2. The van der Waals surface area contributed by atoms with E-state index < -0.39 is 17.4 Å². The first-order valence-electron chi connectivity index (χ1n) is 6.80. The van der Waals surface area contributed by atoms with Crippen LogP contribution in [0.4, 0.5) is 0 Å². The molecule has 0 aromatic rings. The average molecular weight is 311 g/mol. The van der Waals surface area contributed by atoms with Crippen LogP contribution in [0.1, 0.15) is 25.7 Å². The summed E-state index contributed by atoms with van der Waals surface area (Å²) in [5.41, 5.74) is 0. The Morgan fingerprint density at radius 3 is 1.68 bits per heavy atom. The Morgan fingerprint density at radius 2 is 1.21 bits per heavy atom. The molecule has 0 aromatic carbocycles. The SMILES string of the molecule is CO[Si](C)(CCCCCCO[Si](C)(OC)OC)OC. The molecule has 0 saturated carbocycles. The fourth-order valence-electron chi connectivity index (χ4n) is 1.65. The molecule has 19 heavy (non-hydrogen) atoms. The number of hydrogen-bond acceptors (Lipinski definition) is 5. The van der Waals surface area contributed by atoms with Gasteiger partial charge in [0.2, 0.25) is 0 Å². The van der Waals surface area contributed by atoms with Crippen molar-refractivity contribution in [2.45, 2.75) is 44.8 Å². The van der Waals surface area contributed by atoms with Crippen LogP contribution >= 0.6 is 0 Å². The molecule has 0 aliphatic rings. The van der Waals surface area contributed by atoms with Crippen LogP contribution in [0.3, 0.4) is 0 Å². The summed E-state index contributed by atoms with van der Waals surface area (Å²) in [4.78, 5) is 0. The predicted octanol–water partition coefficient (Wildman–Crippen LogP) is 2.79. The van der Waals surface area contributed by atoms with Gasteiger partial charge in [-0.3, -0.25) is 0 Å². The van der Waals surface area contributed by atoms with Crippen molar-refractivity contribution in [3.63, 3.8) is 0 Å². The highest BCUT2D eigenvalue weighted by Crippen LogP contribution is 2.17. The molecule has 0 N–H and O–H groups in total. The maximum absolute atomic E-state index is 5.67. The first-order valence-corrected chi connectivity index (χ1v) is 11.5. The highest BCUT2D eigenvalue weighted by molar-refractivity contribution is 6.65. The lowest BCUT2D eigenvalue weighted by Gasteiger charge is -2.23. The minimum atomic E-state index is -2.34. The molecular weight excluding hydrogens is 280 g/mol. The summed E-state index contributed by atoms with van der Waals surface area (Å²) in [6, 6.07) is 1.05. The molecule has 116 valence electrons. The minimum absolute atomic E-state index is 0.702. The summed E-state index contributed by atoms with van der Waals surface area (Å²) in [5, 5.41) is 0. The average Bonchev–Trinajstić information content (AvgIpc) is 2.45. The van der Waals surface area contributed by atoms with Crippen molar-refractivity contribution in [2.75, 3.05) is 35.0 Å². The van der Waals surface area contributed by atoms with Crippen LogP contribution in [0.2, 0.25) is 19.1 Å². The third-order valence-corrected chi connectivity index (χ3v) is 8.70. The van der Waals surface area contributed by atoms with Gasteiger partial charge in [-0.25, -0.2) is 0 Å². The predicted molar refractivity (Wildman–Crippen MR) is 80.5 cm³/mol. The van der Waals surface area contributed by atoms with Crippen LogP contribution in [0, 0.1) is 0 Å². The van der Waals surface area contributed by atoms with Gasteiger partial charge < -0.3 is 22.1 Å². The van der Waals surface area contributed by atoms with Crippen molar-refractivity contribution in [1.82, 2.24) is 0 Å². The Kier molecular flexibility index (Phi) is 10.2. The van der Waals surface area contributed by atoms with Crippen LogP contribution in [0.25, 0.3) is 0 Å². The highest BCUT2D eigenvalue weighted by atomic mass is 28.4. The zero-order valence-electron chi connectivity index (χ0n) is 13.3. The molecule has 0 spiro atoms. The van der Waals surface area contributed by atoms with E-state index in [4.69, 9.17) is 22.1 Å². The molecule has 0 radical (unpaired) electrons. The Morgan fingerprint density at radius 1 is 0.684 bits per heavy atom. The van der Waals surface area contributed by atoms with Crippen molar-refractivity contribution in [1.29, 1.82) is 0 Å². The fraction of sp³-hybridized carbons (Fsp3) is 1.00. The molecule has 0 amide bonds. The largest absolute Gasteiger partial charge is 0.497 e. The van der Waals surface area contributed by atoms with E-state index in [2.05, 4.69) is 6.55 Å². The molecule has 0 heterocycles. The smallest absolute Gasteiger partial charge is 0.398 e. The standard InChI is InChI=1S/C12H30O5Si2/c1-13-18(5,14-2)12-10-8-7-9-11-17-19(6,15-3)16-4/h7-12H2,1-6H3. The minimum Gasteiger partial charge on any atom is -0.398 e. The van der Waals surface area contributed by atoms with E-state index in [1.54, 1.807) is 28.4 Å². The van der Waals surface area contributed by atoms with Gasteiger partial charge in [-0.2, -0.15) is 0 Å². The summed E-state index contributed by atoms with van der Waals surface area (Å²) < 4.78 is 27.1. The van der Waals surface area contributed by atoms with E-state index in [1.807, 2.05) is 6.55 Å². The third kappa shape index (κ3) is 8.18. The zero-order chi connectivity index (χ0) is 14.8. The van der Waals surface area contributed by atoms with Crippen molar-refractivity contribution in [3.8, 4) is 0 Å². The van der Waals surface area contributed by atoms with Crippen LogP contribution in [0.15, 0.2) is 0 Å². The molecule has 0 aliphatic heterocycles. The Bertz CT molecular complexity index is 198. The maximum Gasteiger partial charge on any atom is 0.497 e. The molecule has 0 unspecified atom stereocenters. The highest BCUT2D eigenvalue weighted by Gasteiger charge is 2.31. The molecule has 7 heteroatoms. The van der Waals surface area contributed by atoms with Gasteiger partial charge in [-0.1, -0.05) is 19.3 Å². The molecule has 0 aromatic heterocycles. The monoisotopic (exact) mass is 310 g/mol. The van der Waals surface area contributed by atoms with Gasteiger partial charge in [-0.15, -0.1) is 0 Å². The number of unbranched alkanes of at least 4 members (excludes halogenated alkanes) is 3. The summed E-state index contributed by atoms with van der Waals surface area (Å²) in [7, 11) is 2.54. The van der Waals surface area contributed by atoms with E-state index in [0.29, 0.717) is 6.61 Å². The van der Waals surface area contributed by atoms with Gasteiger partial charge in [-0.05, 0) is 19.0 Å². The first kappa shape index (κ1) is 19.2. The lowest BCUT2D eigenvalue weighted by atomic mass is 10.2. The van der Waals surface area contributed by atoms with Gasteiger partial charge in [0.05, 0.1) is 0 Å². The molecular formula is C12H30O5Si2. The third-order valence-electron chi connectivity index (χ3n) is 3.49. The molecule has 0 aliphatic carbocycles. The number of hydrogen-bond donors (Lipinski definition) is 0. The van der Waals surface area contributed by atoms with Crippen molar-refractivity contribution in [3.05, 3.63) is 0 Å². The second kappa shape index (κ2) is 10.0. The molecule has 0 fully saturated rings. The lowest BCUT2D eigenvalue weighted by molar-refractivity contribution is 0.104. The summed E-state index contributed by atoms with van der Waals surface area (Å²) in [6.07, 6.45) is 4.51. The van der Waals surface area contributed by atoms with E-state index in [0.717, 1.165) is 25.3 Å². The maximum atomic E-state index is 5.67. The van der Waals surface area contributed by atoms with Gasteiger partial charge in [0.1, 0.15) is 0 Å². The molecule has 0 rings (SSSR count). The summed E-state index contributed by atoms with van der Waals surface area (Å²) >= 11 is 0. The quantitative estimate of drug-likeness (QED) is 0.410. The van der Waals surface area contributed by atoms with Crippen molar-refractivity contribution in [2.24, 2.45) is 0 Å². The zero-order valence-corrected chi connectivity index (χ0v) is 15.3. The molecule has 0 bridgehead atoms. The Balaban J connectivity index is 3.56. The van der Waals surface area contributed by atoms with Crippen LogP contribution in [-0.4, -0.2) is 52.4 Å². The lowest BCUT2D eigenvalue weighted by Crippen LogP contribution is -2.40. The fourth-order valence-corrected chi connectivity index (χ4v) is 4.03. The van der Waals surface area contributed by atoms with Crippen molar-refractivity contribution >= 4 is 17.4 Å². The van der Waals surface area contributed by atoms with Crippen LogP contribution in [-0.2, 0) is 22.1 Å². The number of rotatable bonds is 12. The van der Waals surface area contributed by atoms with E-state index in [9.17, 15) is 0 Å². The Hall–Kier alpha value is 0.234. The summed E-state index contributed by atoms with van der Waals surface area (Å²) in [5.74, 6) is 0.